The molecule has 3 aromatic rings. The van der Waals surface area contributed by atoms with Crippen molar-refractivity contribution in [3.8, 4) is 11.5 Å². The molecule has 2 aliphatic heterocycles. The minimum atomic E-state index is -0.301. The molecule has 0 amide bonds. The van der Waals surface area contributed by atoms with Crippen LogP contribution in [0.25, 0.3) is 0 Å². The molecule has 0 saturated carbocycles. The van der Waals surface area contributed by atoms with E-state index >= 15 is 0 Å². The summed E-state index contributed by atoms with van der Waals surface area (Å²) < 4.78 is 12.3. The Bertz CT molecular complexity index is 983. The molecule has 0 fully saturated rings. The number of hydrogen-bond donors (Lipinski definition) is 0. The molecule has 0 unspecified atom stereocenters. The van der Waals surface area contributed by atoms with Gasteiger partial charge in [-0.2, -0.15) is 5.10 Å². The van der Waals surface area contributed by atoms with Gasteiger partial charge in [0.15, 0.2) is 0 Å². The lowest BCUT2D eigenvalue weighted by atomic mass is 9.97. The lowest BCUT2D eigenvalue weighted by Gasteiger charge is -2.38. The van der Waals surface area contributed by atoms with Crippen molar-refractivity contribution < 1.29 is 9.47 Å². The van der Waals surface area contributed by atoms with Crippen LogP contribution in [0, 0.1) is 0 Å². The number of benzene rings is 2. The predicted octanol–water partition coefficient (Wildman–Crippen LogP) is 5.39. The first-order valence-electron chi connectivity index (χ1n) is 9.22. The molecule has 136 valence electrons. The Morgan fingerprint density at radius 1 is 1.07 bits per heavy atom. The number of rotatable bonds is 4. The van der Waals surface area contributed by atoms with Crippen molar-refractivity contribution in [2.24, 2.45) is 5.10 Å². The molecule has 0 spiro atoms. The molecular weight excluding hydrogens is 356 g/mol. The maximum Gasteiger partial charge on any atom is 0.217 e. The SMILES string of the molecule is CCOc1ccccc1[C@H]1Oc2ccccc2[C@@H]2CC(c3cccs3)=NN12. The third kappa shape index (κ3) is 2.79. The zero-order valence-electron chi connectivity index (χ0n) is 15.0. The number of hydrazone groups is 1. The summed E-state index contributed by atoms with van der Waals surface area (Å²) in [7, 11) is 0. The number of nitrogens with zero attached hydrogens (tertiary/aromatic N) is 2. The van der Waals surface area contributed by atoms with Gasteiger partial charge >= 0.3 is 0 Å². The van der Waals surface area contributed by atoms with Gasteiger partial charge in [-0.05, 0) is 36.6 Å². The quantitative estimate of drug-likeness (QED) is 0.612. The van der Waals surface area contributed by atoms with Crippen molar-refractivity contribution in [3.63, 3.8) is 0 Å². The van der Waals surface area contributed by atoms with Crippen LogP contribution in [0.3, 0.4) is 0 Å². The van der Waals surface area contributed by atoms with Crippen LogP contribution in [0.2, 0.25) is 0 Å². The highest BCUT2D eigenvalue weighted by atomic mass is 32.1. The van der Waals surface area contributed by atoms with Crippen molar-refractivity contribution in [1.82, 2.24) is 5.01 Å². The van der Waals surface area contributed by atoms with Crippen LogP contribution in [0.15, 0.2) is 71.1 Å². The molecule has 0 radical (unpaired) electrons. The van der Waals surface area contributed by atoms with Crippen LogP contribution in [-0.4, -0.2) is 17.3 Å². The van der Waals surface area contributed by atoms with Gasteiger partial charge in [-0.3, -0.25) is 0 Å². The molecule has 1 aromatic heterocycles. The monoisotopic (exact) mass is 376 g/mol. The normalized spacial score (nSPS) is 20.5. The molecule has 0 saturated heterocycles. The second-order valence-electron chi connectivity index (χ2n) is 6.60. The van der Waals surface area contributed by atoms with Crippen LogP contribution >= 0.6 is 11.3 Å². The van der Waals surface area contributed by atoms with Gasteiger partial charge in [-0.15, -0.1) is 11.3 Å². The lowest BCUT2D eigenvalue weighted by molar-refractivity contribution is -0.0205. The van der Waals surface area contributed by atoms with E-state index in [1.54, 1.807) is 11.3 Å². The van der Waals surface area contributed by atoms with Gasteiger partial charge in [-0.1, -0.05) is 36.4 Å². The Morgan fingerprint density at radius 2 is 1.89 bits per heavy atom. The number of hydrogen-bond acceptors (Lipinski definition) is 5. The van der Waals surface area contributed by atoms with Gasteiger partial charge in [0.2, 0.25) is 6.23 Å². The second kappa shape index (κ2) is 6.74. The summed E-state index contributed by atoms with van der Waals surface area (Å²) in [4.78, 5) is 1.22. The maximum absolute atomic E-state index is 6.43. The van der Waals surface area contributed by atoms with Crippen LogP contribution in [-0.2, 0) is 0 Å². The third-order valence-corrected chi connectivity index (χ3v) is 5.91. The molecule has 3 heterocycles. The Hall–Kier alpha value is -2.79. The molecule has 5 rings (SSSR count). The van der Waals surface area contributed by atoms with E-state index in [0.717, 1.165) is 29.2 Å². The number of para-hydroxylation sites is 2. The summed E-state index contributed by atoms with van der Waals surface area (Å²) in [6, 6.07) is 20.8. The van der Waals surface area contributed by atoms with E-state index in [-0.39, 0.29) is 12.3 Å². The second-order valence-corrected chi connectivity index (χ2v) is 7.55. The molecule has 2 aliphatic rings. The van der Waals surface area contributed by atoms with Crippen molar-refractivity contribution in [2.75, 3.05) is 6.61 Å². The Kier molecular flexibility index (Phi) is 4.09. The number of ether oxygens (including phenoxy) is 2. The third-order valence-electron chi connectivity index (χ3n) is 4.99. The fourth-order valence-corrected chi connectivity index (χ4v) is 4.52. The van der Waals surface area contributed by atoms with Gasteiger partial charge in [0.25, 0.3) is 0 Å². The van der Waals surface area contributed by atoms with Crippen molar-refractivity contribution >= 4 is 17.0 Å². The summed E-state index contributed by atoms with van der Waals surface area (Å²) in [6.07, 6.45) is 0.582. The zero-order valence-corrected chi connectivity index (χ0v) is 15.9. The van der Waals surface area contributed by atoms with Crippen LogP contribution in [0.5, 0.6) is 11.5 Å². The van der Waals surface area contributed by atoms with Crippen molar-refractivity contribution in [3.05, 3.63) is 82.0 Å². The maximum atomic E-state index is 6.43. The standard InChI is InChI=1S/C22H20N2O2S/c1-2-25-19-10-5-4-9-16(19)22-24-18(15-8-3-6-11-20(15)26-22)14-17(23-24)21-12-7-13-27-21/h3-13,18,22H,2,14H2,1H3/t18-,22+/m0/s1. The van der Waals surface area contributed by atoms with E-state index < -0.39 is 0 Å². The Labute approximate surface area is 162 Å². The van der Waals surface area contributed by atoms with Crippen molar-refractivity contribution in [1.29, 1.82) is 0 Å². The molecule has 5 heteroatoms. The van der Waals surface area contributed by atoms with E-state index in [0.29, 0.717) is 6.61 Å². The zero-order chi connectivity index (χ0) is 18.2. The first kappa shape index (κ1) is 16.4. The van der Waals surface area contributed by atoms with Gasteiger partial charge in [0, 0.05) is 12.0 Å². The predicted molar refractivity (Wildman–Crippen MR) is 107 cm³/mol. The Balaban J connectivity index is 1.61. The van der Waals surface area contributed by atoms with E-state index in [2.05, 4.69) is 40.7 Å². The summed E-state index contributed by atoms with van der Waals surface area (Å²) in [6.45, 7) is 2.62. The fraction of sp³-hybridized carbons (Fsp3) is 0.227. The number of thiophene rings is 1. The van der Waals surface area contributed by atoms with Crippen LogP contribution in [0.4, 0.5) is 0 Å². The molecule has 2 atom stereocenters. The summed E-state index contributed by atoms with van der Waals surface area (Å²) in [5.41, 5.74) is 3.32. The highest BCUT2D eigenvalue weighted by Gasteiger charge is 2.41. The minimum absolute atomic E-state index is 0.173. The Morgan fingerprint density at radius 3 is 2.70 bits per heavy atom. The fourth-order valence-electron chi connectivity index (χ4n) is 3.80. The van der Waals surface area contributed by atoms with Gasteiger partial charge in [0.1, 0.15) is 11.5 Å². The summed E-state index contributed by atoms with van der Waals surface area (Å²) in [5.74, 6) is 1.78. The first-order valence-corrected chi connectivity index (χ1v) is 10.1. The molecule has 4 nitrogen and oxygen atoms in total. The molecular formula is C22H20N2O2S. The van der Waals surface area contributed by atoms with Crippen molar-refractivity contribution in [2.45, 2.75) is 25.6 Å². The van der Waals surface area contributed by atoms with E-state index in [1.807, 2.05) is 37.3 Å². The van der Waals surface area contributed by atoms with Crippen LogP contribution < -0.4 is 9.47 Å². The van der Waals surface area contributed by atoms with Gasteiger partial charge in [-0.25, -0.2) is 5.01 Å². The molecule has 0 aliphatic carbocycles. The van der Waals surface area contributed by atoms with Gasteiger partial charge < -0.3 is 9.47 Å². The van der Waals surface area contributed by atoms with E-state index in [9.17, 15) is 0 Å². The summed E-state index contributed by atoms with van der Waals surface area (Å²) in [5, 5.41) is 9.20. The average Bonchev–Trinajstić information content (AvgIpc) is 3.38. The summed E-state index contributed by atoms with van der Waals surface area (Å²) >= 11 is 1.73. The first-order chi connectivity index (χ1) is 13.3. The smallest absolute Gasteiger partial charge is 0.217 e. The average molecular weight is 376 g/mol. The highest BCUT2D eigenvalue weighted by Crippen LogP contribution is 2.48. The molecule has 0 N–H and O–H groups in total. The number of fused-ring (bicyclic) bond motifs is 3. The topological polar surface area (TPSA) is 34.1 Å². The highest BCUT2D eigenvalue weighted by molar-refractivity contribution is 7.12. The minimum Gasteiger partial charge on any atom is -0.493 e. The largest absolute Gasteiger partial charge is 0.493 e. The van der Waals surface area contributed by atoms with E-state index in [4.69, 9.17) is 14.6 Å². The lowest BCUT2D eigenvalue weighted by Crippen LogP contribution is -2.34. The molecule has 2 aromatic carbocycles. The molecule has 0 bridgehead atoms. The molecule has 27 heavy (non-hydrogen) atoms. The van der Waals surface area contributed by atoms with Crippen LogP contribution in [0.1, 0.15) is 41.6 Å². The van der Waals surface area contributed by atoms with E-state index in [1.165, 1.54) is 10.4 Å². The van der Waals surface area contributed by atoms with Gasteiger partial charge in [0.05, 0.1) is 28.8 Å².